The second-order valence-electron chi connectivity index (χ2n) is 7.26. The lowest BCUT2D eigenvalue weighted by atomic mass is 10.1. The molecular weight excluding hydrogens is 433 g/mol. The molecule has 31 heavy (non-hydrogen) atoms. The number of amides is 2. The van der Waals surface area contributed by atoms with Crippen molar-refractivity contribution >= 4 is 34.1 Å². The van der Waals surface area contributed by atoms with Crippen LogP contribution in [0.5, 0.6) is 0 Å². The number of fused-ring (bicyclic) bond motifs is 1. The fourth-order valence-electron chi connectivity index (χ4n) is 3.57. The molecule has 0 unspecified atom stereocenters. The van der Waals surface area contributed by atoms with E-state index in [4.69, 9.17) is 11.6 Å². The van der Waals surface area contributed by atoms with E-state index in [9.17, 15) is 18.0 Å². The standard InChI is InChI=1S/C20H20ClF3N6O/c21-18-10-15-13(11-25-18)5-4-6-16(15)27-19(31)26-12-14-9-17(20(22,23)24)28-30(14)29-7-2-1-3-8-29/h4-6,9-11H,1-3,7-8,12H2,(H2,26,27,31). The van der Waals surface area contributed by atoms with Gasteiger partial charge in [0.2, 0.25) is 0 Å². The van der Waals surface area contributed by atoms with Crippen LogP contribution in [0.1, 0.15) is 30.7 Å². The van der Waals surface area contributed by atoms with E-state index < -0.39 is 17.9 Å². The van der Waals surface area contributed by atoms with Crippen LogP contribution < -0.4 is 15.6 Å². The zero-order chi connectivity index (χ0) is 22.0. The smallest absolute Gasteiger partial charge is 0.332 e. The number of alkyl halides is 3. The molecule has 1 aliphatic rings. The highest BCUT2D eigenvalue weighted by molar-refractivity contribution is 6.30. The monoisotopic (exact) mass is 452 g/mol. The summed E-state index contributed by atoms with van der Waals surface area (Å²) in [5.74, 6) is 0. The molecule has 0 bridgehead atoms. The van der Waals surface area contributed by atoms with Crippen LogP contribution in [0.4, 0.5) is 23.7 Å². The van der Waals surface area contributed by atoms with Crippen LogP contribution in [0.2, 0.25) is 5.15 Å². The van der Waals surface area contributed by atoms with Crippen molar-refractivity contribution in [2.75, 3.05) is 23.4 Å². The first-order valence-electron chi connectivity index (χ1n) is 9.82. The van der Waals surface area contributed by atoms with E-state index in [2.05, 4.69) is 20.7 Å². The van der Waals surface area contributed by atoms with Crippen LogP contribution >= 0.6 is 11.6 Å². The molecule has 7 nitrogen and oxygen atoms in total. The summed E-state index contributed by atoms with van der Waals surface area (Å²) in [7, 11) is 0. The zero-order valence-corrected chi connectivity index (χ0v) is 17.2. The fraction of sp³-hybridized carbons (Fsp3) is 0.350. The molecule has 0 radical (unpaired) electrons. The molecule has 1 saturated heterocycles. The van der Waals surface area contributed by atoms with Gasteiger partial charge in [-0.1, -0.05) is 23.7 Å². The quantitative estimate of drug-likeness (QED) is 0.570. The van der Waals surface area contributed by atoms with E-state index in [-0.39, 0.29) is 17.4 Å². The van der Waals surface area contributed by atoms with Gasteiger partial charge < -0.3 is 10.6 Å². The number of nitrogens with zero attached hydrogens (tertiary/aromatic N) is 4. The van der Waals surface area contributed by atoms with Gasteiger partial charge in [-0.2, -0.15) is 18.0 Å². The first kappa shape index (κ1) is 21.2. The third-order valence-corrected chi connectivity index (χ3v) is 5.27. The SMILES string of the molecule is O=C(NCc1cc(C(F)(F)F)nn1N1CCCCC1)Nc1cccc2cnc(Cl)cc12. The van der Waals surface area contributed by atoms with E-state index in [1.807, 2.05) is 6.07 Å². The number of piperidine rings is 1. The number of benzene rings is 1. The van der Waals surface area contributed by atoms with Crippen molar-refractivity contribution < 1.29 is 18.0 Å². The van der Waals surface area contributed by atoms with Crippen LogP contribution in [0, 0.1) is 0 Å². The molecule has 0 aliphatic carbocycles. The lowest BCUT2D eigenvalue weighted by molar-refractivity contribution is -0.141. The molecule has 3 aromatic rings. The number of pyridine rings is 1. The molecule has 164 valence electrons. The molecular formula is C20H20ClF3N6O. The molecule has 0 atom stereocenters. The third-order valence-electron chi connectivity index (χ3n) is 5.06. The second-order valence-corrected chi connectivity index (χ2v) is 7.65. The van der Waals surface area contributed by atoms with Gasteiger partial charge in [-0.25, -0.2) is 9.78 Å². The maximum absolute atomic E-state index is 13.2. The van der Waals surface area contributed by atoms with Crippen molar-refractivity contribution in [3.05, 3.63) is 53.1 Å². The Hall–Kier alpha value is -3.01. The predicted molar refractivity (Wildman–Crippen MR) is 112 cm³/mol. The van der Waals surface area contributed by atoms with Gasteiger partial charge in [-0.05, 0) is 37.5 Å². The van der Waals surface area contributed by atoms with Crippen molar-refractivity contribution in [3.63, 3.8) is 0 Å². The third kappa shape index (κ3) is 4.84. The van der Waals surface area contributed by atoms with Gasteiger partial charge in [0, 0.05) is 30.1 Å². The molecule has 3 heterocycles. The average molecular weight is 453 g/mol. The number of hydrogen-bond donors (Lipinski definition) is 2. The van der Waals surface area contributed by atoms with Crippen molar-refractivity contribution in [2.24, 2.45) is 0 Å². The maximum atomic E-state index is 13.2. The minimum absolute atomic E-state index is 0.113. The number of anilines is 1. The van der Waals surface area contributed by atoms with E-state index in [1.54, 1.807) is 29.4 Å². The number of hydrogen-bond acceptors (Lipinski definition) is 4. The molecule has 2 aromatic heterocycles. The lowest BCUT2D eigenvalue weighted by Crippen LogP contribution is -2.42. The van der Waals surface area contributed by atoms with Crippen LogP contribution in [0.15, 0.2) is 36.5 Å². The molecule has 11 heteroatoms. The normalized spacial score (nSPS) is 14.6. The van der Waals surface area contributed by atoms with E-state index in [0.29, 0.717) is 24.2 Å². The number of aromatic nitrogens is 3. The Bertz CT molecular complexity index is 1090. The van der Waals surface area contributed by atoms with E-state index >= 15 is 0 Å². The van der Waals surface area contributed by atoms with Gasteiger partial charge in [-0.3, -0.25) is 5.01 Å². The Labute approximate surface area is 181 Å². The minimum atomic E-state index is -4.56. The minimum Gasteiger partial charge on any atom is -0.332 e. The molecule has 1 fully saturated rings. The van der Waals surface area contributed by atoms with Crippen LogP contribution in [-0.4, -0.2) is 34.0 Å². The van der Waals surface area contributed by atoms with Gasteiger partial charge in [0.1, 0.15) is 5.15 Å². The van der Waals surface area contributed by atoms with Gasteiger partial charge in [0.05, 0.1) is 17.9 Å². The van der Waals surface area contributed by atoms with Crippen LogP contribution in [0.25, 0.3) is 10.8 Å². The predicted octanol–water partition coefficient (Wildman–Crippen LogP) is 4.55. The molecule has 0 saturated carbocycles. The summed E-state index contributed by atoms with van der Waals surface area (Å²) in [6.45, 7) is 1.12. The highest BCUT2D eigenvalue weighted by Gasteiger charge is 2.35. The first-order valence-corrected chi connectivity index (χ1v) is 10.2. The highest BCUT2D eigenvalue weighted by atomic mass is 35.5. The summed E-state index contributed by atoms with van der Waals surface area (Å²) in [4.78, 5) is 17.7. The Balaban J connectivity index is 1.50. The summed E-state index contributed by atoms with van der Waals surface area (Å²) in [6.07, 6.45) is -0.171. The first-order chi connectivity index (χ1) is 14.8. The van der Waals surface area contributed by atoms with Crippen molar-refractivity contribution in [1.29, 1.82) is 0 Å². The second kappa shape index (κ2) is 8.62. The Morgan fingerprint density at radius 2 is 1.94 bits per heavy atom. The van der Waals surface area contributed by atoms with Gasteiger partial charge in [0.25, 0.3) is 0 Å². The number of urea groups is 1. The number of carbonyl (C=O) groups is 1. The summed E-state index contributed by atoms with van der Waals surface area (Å²) in [6, 6.07) is 7.34. The molecule has 2 amide bonds. The summed E-state index contributed by atoms with van der Waals surface area (Å²) in [5.41, 5.74) is -0.208. The maximum Gasteiger partial charge on any atom is 0.435 e. The number of nitrogens with one attached hydrogen (secondary N) is 2. The molecule has 0 spiro atoms. The summed E-state index contributed by atoms with van der Waals surface area (Å²) >= 11 is 5.95. The highest BCUT2D eigenvalue weighted by Crippen LogP contribution is 2.29. The Morgan fingerprint density at radius 1 is 1.16 bits per heavy atom. The molecule has 1 aromatic carbocycles. The van der Waals surface area contributed by atoms with Crippen LogP contribution in [-0.2, 0) is 12.7 Å². The van der Waals surface area contributed by atoms with E-state index in [1.165, 1.54) is 4.79 Å². The van der Waals surface area contributed by atoms with Crippen molar-refractivity contribution in [2.45, 2.75) is 32.0 Å². The Morgan fingerprint density at radius 3 is 2.68 bits per heavy atom. The average Bonchev–Trinajstić information content (AvgIpc) is 3.18. The van der Waals surface area contributed by atoms with Gasteiger partial charge in [0.15, 0.2) is 5.69 Å². The van der Waals surface area contributed by atoms with Crippen molar-refractivity contribution in [1.82, 2.24) is 20.2 Å². The summed E-state index contributed by atoms with van der Waals surface area (Å²) in [5, 5.41) is 12.6. The largest absolute Gasteiger partial charge is 0.435 e. The Kier molecular flexibility index (Phi) is 5.90. The number of carbonyl (C=O) groups excluding carboxylic acids is 1. The fourth-order valence-corrected chi connectivity index (χ4v) is 3.73. The van der Waals surface area contributed by atoms with Gasteiger partial charge in [-0.15, -0.1) is 5.10 Å². The number of rotatable bonds is 4. The topological polar surface area (TPSA) is 75.1 Å². The number of halogens is 4. The molecule has 4 rings (SSSR count). The molecule has 1 aliphatic heterocycles. The lowest BCUT2D eigenvalue weighted by Gasteiger charge is -2.29. The zero-order valence-electron chi connectivity index (χ0n) is 16.4. The summed E-state index contributed by atoms with van der Waals surface area (Å²) < 4.78 is 39.6. The molecule has 2 N–H and O–H groups in total. The van der Waals surface area contributed by atoms with Crippen LogP contribution in [0.3, 0.4) is 0 Å². The van der Waals surface area contributed by atoms with Crippen molar-refractivity contribution in [3.8, 4) is 0 Å². The van der Waals surface area contributed by atoms with Gasteiger partial charge >= 0.3 is 12.2 Å². The van der Waals surface area contributed by atoms with E-state index in [0.717, 1.165) is 30.7 Å².